The van der Waals surface area contributed by atoms with Gasteiger partial charge < -0.3 is 9.47 Å². The largest absolute Gasteiger partial charge is 0.497 e. The predicted molar refractivity (Wildman–Crippen MR) is 53.8 cm³/mol. The van der Waals surface area contributed by atoms with Crippen molar-refractivity contribution in [3.05, 3.63) is 24.3 Å². The molecular weight excluding hydrogens is 180 g/mol. The molecule has 0 saturated carbocycles. The molecule has 1 aromatic carbocycles. The Morgan fingerprint density at radius 1 is 1.29 bits per heavy atom. The highest BCUT2D eigenvalue weighted by atomic mass is 16.5. The van der Waals surface area contributed by atoms with Crippen molar-refractivity contribution in [3.8, 4) is 11.5 Å². The Morgan fingerprint density at radius 3 is 2.29 bits per heavy atom. The summed E-state index contributed by atoms with van der Waals surface area (Å²) in [6.45, 7) is 1.91. The van der Waals surface area contributed by atoms with E-state index >= 15 is 0 Å². The first kappa shape index (κ1) is 10.6. The molecule has 0 aliphatic carbocycles. The first-order chi connectivity index (χ1) is 6.80. The number of ether oxygens (including phenoxy) is 2. The van der Waals surface area contributed by atoms with Crippen LogP contribution in [-0.4, -0.2) is 19.5 Å². The van der Waals surface area contributed by atoms with Crippen molar-refractivity contribution in [2.75, 3.05) is 7.11 Å². The van der Waals surface area contributed by atoms with Gasteiger partial charge in [-0.1, -0.05) is 6.92 Å². The minimum atomic E-state index is -0.358. The van der Waals surface area contributed by atoms with E-state index in [1.54, 1.807) is 31.4 Å². The molecule has 3 heteroatoms. The normalized spacial score (nSPS) is 11.9. The van der Waals surface area contributed by atoms with Gasteiger partial charge in [0.1, 0.15) is 11.5 Å². The summed E-state index contributed by atoms with van der Waals surface area (Å²) in [6, 6.07) is 7.16. The van der Waals surface area contributed by atoms with Crippen molar-refractivity contribution >= 4 is 6.29 Å². The lowest BCUT2D eigenvalue weighted by Gasteiger charge is -2.11. The molecule has 1 aromatic rings. The van der Waals surface area contributed by atoms with E-state index in [9.17, 15) is 4.79 Å². The molecule has 0 heterocycles. The highest BCUT2D eigenvalue weighted by molar-refractivity contribution is 5.56. The minimum Gasteiger partial charge on any atom is -0.497 e. The zero-order valence-electron chi connectivity index (χ0n) is 8.40. The lowest BCUT2D eigenvalue weighted by molar-refractivity contribution is -0.113. The van der Waals surface area contributed by atoms with Crippen LogP contribution in [0.3, 0.4) is 0 Å². The predicted octanol–water partition coefficient (Wildman–Crippen LogP) is 2.05. The van der Waals surface area contributed by atoms with Crippen LogP contribution in [0.1, 0.15) is 13.3 Å². The van der Waals surface area contributed by atoms with Gasteiger partial charge in [0.05, 0.1) is 7.11 Å². The summed E-state index contributed by atoms with van der Waals surface area (Å²) in [4.78, 5) is 10.5. The van der Waals surface area contributed by atoms with Crippen LogP contribution in [0, 0.1) is 0 Å². The van der Waals surface area contributed by atoms with Crippen LogP contribution in [0.2, 0.25) is 0 Å². The van der Waals surface area contributed by atoms with Crippen LogP contribution >= 0.6 is 0 Å². The van der Waals surface area contributed by atoms with Gasteiger partial charge >= 0.3 is 0 Å². The summed E-state index contributed by atoms with van der Waals surface area (Å²) in [5.74, 6) is 1.46. The van der Waals surface area contributed by atoms with Gasteiger partial charge in [0.2, 0.25) is 0 Å². The number of rotatable bonds is 5. The molecule has 0 bridgehead atoms. The maximum atomic E-state index is 10.5. The van der Waals surface area contributed by atoms with Crippen molar-refractivity contribution in [2.24, 2.45) is 0 Å². The number of benzene rings is 1. The lowest BCUT2D eigenvalue weighted by atomic mass is 10.3. The Bertz CT molecular complexity index is 279. The molecule has 14 heavy (non-hydrogen) atoms. The fourth-order valence-corrected chi connectivity index (χ4v) is 1.04. The summed E-state index contributed by atoms with van der Waals surface area (Å²) in [5, 5.41) is 0. The SMILES string of the molecule is CCC(C=O)Oc1ccc(OC)cc1. The van der Waals surface area contributed by atoms with E-state index in [1.807, 2.05) is 6.92 Å². The second-order valence-electron chi connectivity index (χ2n) is 2.88. The zero-order valence-corrected chi connectivity index (χ0v) is 8.40. The molecule has 0 radical (unpaired) electrons. The number of aldehydes is 1. The van der Waals surface area contributed by atoms with Crippen molar-refractivity contribution in [1.29, 1.82) is 0 Å². The van der Waals surface area contributed by atoms with Crippen molar-refractivity contribution in [1.82, 2.24) is 0 Å². The third kappa shape index (κ3) is 2.76. The summed E-state index contributed by atoms with van der Waals surface area (Å²) in [5.41, 5.74) is 0. The zero-order chi connectivity index (χ0) is 10.4. The van der Waals surface area contributed by atoms with Gasteiger partial charge in [-0.25, -0.2) is 0 Å². The second-order valence-corrected chi connectivity index (χ2v) is 2.88. The van der Waals surface area contributed by atoms with Crippen LogP contribution in [0.4, 0.5) is 0 Å². The van der Waals surface area contributed by atoms with Crippen molar-refractivity contribution in [3.63, 3.8) is 0 Å². The van der Waals surface area contributed by atoms with Gasteiger partial charge in [-0.3, -0.25) is 4.79 Å². The molecule has 0 fully saturated rings. The Balaban J connectivity index is 2.63. The average Bonchev–Trinajstić information content (AvgIpc) is 2.26. The molecule has 0 saturated heterocycles. The molecular formula is C11H14O3. The number of methoxy groups -OCH3 is 1. The number of carbonyl (C=O) groups is 1. The molecule has 0 N–H and O–H groups in total. The molecule has 0 aromatic heterocycles. The van der Waals surface area contributed by atoms with E-state index in [0.717, 1.165) is 12.0 Å². The average molecular weight is 194 g/mol. The molecule has 1 atom stereocenters. The summed E-state index contributed by atoms with van der Waals surface area (Å²) < 4.78 is 10.4. The Morgan fingerprint density at radius 2 is 1.86 bits per heavy atom. The molecule has 0 aliphatic rings. The van der Waals surface area contributed by atoms with E-state index in [2.05, 4.69) is 0 Å². The van der Waals surface area contributed by atoms with Crippen LogP contribution in [-0.2, 0) is 4.79 Å². The molecule has 0 aliphatic heterocycles. The quantitative estimate of drug-likeness (QED) is 0.673. The lowest BCUT2D eigenvalue weighted by Crippen LogP contribution is -2.16. The second kappa shape index (κ2) is 5.27. The molecule has 1 rings (SSSR count). The van der Waals surface area contributed by atoms with Gasteiger partial charge in [-0.15, -0.1) is 0 Å². The minimum absolute atomic E-state index is 0.358. The number of hydrogen-bond donors (Lipinski definition) is 0. The third-order valence-corrected chi connectivity index (χ3v) is 1.90. The smallest absolute Gasteiger partial charge is 0.160 e. The number of hydrogen-bond acceptors (Lipinski definition) is 3. The molecule has 1 unspecified atom stereocenters. The van der Waals surface area contributed by atoms with E-state index in [4.69, 9.17) is 9.47 Å². The van der Waals surface area contributed by atoms with Gasteiger partial charge in [-0.05, 0) is 30.7 Å². The van der Waals surface area contributed by atoms with Crippen LogP contribution in [0.5, 0.6) is 11.5 Å². The summed E-state index contributed by atoms with van der Waals surface area (Å²) in [6.07, 6.45) is 1.13. The highest BCUT2D eigenvalue weighted by Crippen LogP contribution is 2.18. The standard InChI is InChI=1S/C11H14O3/c1-3-9(8-12)14-11-6-4-10(13-2)5-7-11/h4-9H,3H2,1-2H3. The van der Waals surface area contributed by atoms with Crippen molar-refractivity contribution < 1.29 is 14.3 Å². The van der Waals surface area contributed by atoms with Gasteiger partial charge in [0.15, 0.2) is 12.4 Å². The van der Waals surface area contributed by atoms with E-state index < -0.39 is 0 Å². The topological polar surface area (TPSA) is 35.5 Å². The fraction of sp³-hybridized carbons (Fsp3) is 0.364. The molecule has 0 spiro atoms. The Hall–Kier alpha value is -1.51. The van der Waals surface area contributed by atoms with Gasteiger partial charge in [0.25, 0.3) is 0 Å². The maximum Gasteiger partial charge on any atom is 0.160 e. The highest BCUT2D eigenvalue weighted by Gasteiger charge is 2.05. The summed E-state index contributed by atoms with van der Waals surface area (Å²) >= 11 is 0. The van der Waals surface area contributed by atoms with E-state index in [1.165, 1.54) is 0 Å². The molecule has 0 amide bonds. The van der Waals surface area contributed by atoms with Gasteiger partial charge in [0, 0.05) is 0 Å². The first-order valence-corrected chi connectivity index (χ1v) is 4.56. The number of carbonyl (C=O) groups excluding carboxylic acids is 1. The maximum absolute atomic E-state index is 10.5. The van der Waals surface area contributed by atoms with E-state index in [0.29, 0.717) is 12.2 Å². The van der Waals surface area contributed by atoms with Crippen LogP contribution in [0.15, 0.2) is 24.3 Å². The van der Waals surface area contributed by atoms with Crippen LogP contribution in [0.25, 0.3) is 0 Å². The monoisotopic (exact) mass is 194 g/mol. The van der Waals surface area contributed by atoms with E-state index in [-0.39, 0.29) is 6.10 Å². The van der Waals surface area contributed by atoms with Crippen LogP contribution < -0.4 is 9.47 Å². The first-order valence-electron chi connectivity index (χ1n) is 4.56. The summed E-state index contributed by atoms with van der Waals surface area (Å²) in [7, 11) is 1.61. The Labute approximate surface area is 83.6 Å². The molecule has 76 valence electrons. The Kier molecular flexibility index (Phi) is 3.98. The fourth-order valence-electron chi connectivity index (χ4n) is 1.04. The third-order valence-electron chi connectivity index (χ3n) is 1.90. The van der Waals surface area contributed by atoms with Gasteiger partial charge in [-0.2, -0.15) is 0 Å². The molecule has 3 nitrogen and oxygen atoms in total. The van der Waals surface area contributed by atoms with Crippen molar-refractivity contribution in [2.45, 2.75) is 19.4 Å².